The van der Waals surface area contributed by atoms with E-state index in [1.54, 1.807) is 4.90 Å². The van der Waals surface area contributed by atoms with Gasteiger partial charge >= 0.3 is 6.36 Å². The molecule has 4 rings (SSSR count). The number of likely N-dealkylation sites (tertiary alicyclic amines) is 1. The summed E-state index contributed by atoms with van der Waals surface area (Å²) >= 11 is 0. The molecule has 0 N–H and O–H groups in total. The number of nitrogens with zero attached hydrogens (tertiary/aromatic N) is 3. The number of alkyl halides is 3. The van der Waals surface area contributed by atoms with E-state index in [1.165, 1.54) is 31.0 Å². The molecule has 0 bridgehead atoms. The second-order valence-corrected chi connectivity index (χ2v) is 8.26. The van der Waals surface area contributed by atoms with Gasteiger partial charge in [-0.05, 0) is 43.7 Å². The lowest BCUT2D eigenvalue weighted by Crippen LogP contribution is -2.44. The van der Waals surface area contributed by atoms with Crippen molar-refractivity contribution in [2.45, 2.75) is 38.1 Å². The molecule has 0 aromatic heterocycles. The van der Waals surface area contributed by atoms with Crippen molar-refractivity contribution in [3.63, 3.8) is 0 Å². The van der Waals surface area contributed by atoms with Crippen LogP contribution in [0.1, 0.15) is 36.0 Å². The first-order valence-electron chi connectivity index (χ1n) is 10.5. The average Bonchev–Trinajstić information content (AvgIpc) is 3.47. The van der Waals surface area contributed by atoms with Gasteiger partial charge in [-0.1, -0.05) is 12.1 Å². The van der Waals surface area contributed by atoms with Crippen LogP contribution >= 0.6 is 0 Å². The summed E-state index contributed by atoms with van der Waals surface area (Å²) in [6, 6.07) is 5.27. The number of para-hydroxylation sites is 1. The van der Waals surface area contributed by atoms with Crippen LogP contribution in [-0.4, -0.2) is 78.2 Å². The second kappa shape index (κ2) is 8.45. The van der Waals surface area contributed by atoms with Crippen molar-refractivity contribution in [2.24, 2.45) is 5.92 Å². The fraction of sp³-hybridized carbons (Fsp3) is 0.619. The van der Waals surface area contributed by atoms with Gasteiger partial charge in [0.05, 0.1) is 11.6 Å². The molecule has 1 aromatic carbocycles. The van der Waals surface area contributed by atoms with E-state index in [1.807, 2.05) is 4.90 Å². The number of rotatable bonds is 5. The van der Waals surface area contributed by atoms with Gasteiger partial charge in [-0.15, -0.1) is 13.2 Å². The summed E-state index contributed by atoms with van der Waals surface area (Å²) in [5, 5.41) is 0. The molecule has 3 fully saturated rings. The van der Waals surface area contributed by atoms with Gasteiger partial charge in [0, 0.05) is 39.3 Å². The first-order valence-corrected chi connectivity index (χ1v) is 10.5. The predicted octanol–water partition coefficient (Wildman–Crippen LogP) is 2.74. The Bertz CT molecular complexity index is 797. The van der Waals surface area contributed by atoms with E-state index in [0.717, 1.165) is 25.6 Å². The predicted molar refractivity (Wildman–Crippen MR) is 103 cm³/mol. The van der Waals surface area contributed by atoms with Crippen molar-refractivity contribution in [1.29, 1.82) is 0 Å². The van der Waals surface area contributed by atoms with Crippen molar-refractivity contribution in [3.05, 3.63) is 29.8 Å². The fourth-order valence-electron chi connectivity index (χ4n) is 4.33. The molecule has 2 amide bonds. The van der Waals surface area contributed by atoms with Crippen molar-refractivity contribution in [1.82, 2.24) is 14.7 Å². The van der Waals surface area contributed by atoms with Gasteiger partial charge in [-0.3, -0.25) is 14.5 Å². The van der Waals surface area contributed by atoms with Gasteiger partial charge in [0.2, 0.25) is 5.91 Å². The monoisotopic (exact) mass is 425 g/mol. The zero-order chi connectivity index (χ0) is 21.3. The van der Waals surface area contributed by atoms with E-state index in [-0.39, 0.29) is 17.5 Å². The highest BCUT2D eigenvalue weighted by Gasteiger charge is 2.39. The summed E-state index contributed by atoms with van der Waals surface area (Å²) in [6.07, 6.45) is -0.993. The quantitative estimate of drug-likeness (QED) is 0.728. The summed E-state index contributed by atoms with van der Waals surface area (Å²) in [5.41, 5.74) is -0.101. The number of ether oxygens (including phenoxy) is 1. The highest BCUT2D eigenvalue weighted by atomic mass is 19.4. The van der Waals surface area contributed by atoms with E-state index in [4.69, 9.17) is 0 Å². The first kappa shape index (κ1) is 21.0. The summed E-state index contributed by atoms with van der Waals surface area (Å²) in [5.74, 6) is -0.142. The third-order valence-corrected chi connectivity index (χ3v) is 6.05. The fourth-order valence-corrected chi connectivity index (χ4v) is 4.33. The molecule has 0 spiro atoms. The van der Waals surface area contributed by atoms with Crippen LogP contribution in [0.2, 0.25) is 0 Å². The molecule has 2 heterocycles. The molecule has 2 saturated heterocycles. The second-order valence-electron chi connectivity index (χ2n) is 8.26. The van der Waals surface area contributed by atoms with Crippen molar-refractivity contribution in [2.75, 3.05) is 39.3 Å². The Morgan fingerprint density at radius 3 is 2.53 bits per heavy atom. The maximum atomic E-state index is 12.9. The minimum atomic E-state index is -4.86. The summed E-state index contributed by atoms with van der Waals surface area (Å²) in [6.45, 7) is 3.65. The molecule has 164 valence electrons. The largest absolute Gasteiger partial charge is 0.573 e. The van der Waals surface area contributed by atoms with Crippen LogP contribution < -0.4 is 4.74 Å². The van der Waals surface area contributed by atoms with Crippen molar-refractivity contribution < 1.29 is 27.5 Å². The number of hydrogen-bond acceptors (Lipinski definition) is 4. The number of benzene rings is 1. The number of amides is 2. The molecule has 1 aromatic rings. The lowest BCUT2D eigenvalue weighted by Gasteiger charge is -2.27. The van der Waals surface area contributed by atoms with Gasteiger partial charge in [0.25, 0.3) is 5.91 Å². The normalized spacial score (nSPS) is 23.6. The Kier molecular flexibility index (Phi) is 5.90. The van der Waals surface area contributed by atoms with Crippen LogP contribution in [0.15, 0.2) is 24.3 Å². The molecule has 3 aliphatic rings. The number of hydrogen-bond donors (Lipinski definition) is 0. The zero-order valence-corrected chi connectivity index (χ0v) is 16.7. The maximum absolute atomic E-state index is 12.9. The Labute approximate surface area is 173 Å². The van der Waals surface area contributed by atoms with Gasteiger partial charge in [-0.25, -0.2) is 0 Å². The van der Waals surface area contributed by atoms with Gasteiger partial charge in [0.15, 0.2) is 0 Å². The van der Waals surface area contributed by atoms with Crippen LogP contribution in [0, 0.1) is 5.92 Å². The molecule has 0 unspecified atom stereocenters. The van der Waals surface area contributed by atoms with E-state index in [0.29, 0.717) is 38.5 Å². The Hall–Kier alpha value is -2.29. The molecular formula is C21H26F3N3O3. The van der Waals surface area contributed by atoms with Crippen LogP contribution in [0.25, 0.3) is 0 Å². The van der Waals surface area contributed by atoms with Gasteiger partial charge < -0.3 is 14.5 Å². The van der Waals surface area contributed by atoms with Crippen LogP contribution in [-0.2, 0) is 4.79 Å². The van der Waals surface area contributed by atoms with Crippen molar-refractivity contribution in [3.8, 4) is 5.75 Å². The van der Waals surface area contributed by atoms with Crippen LogP contribution in [0.5, 0.6) is 5.75 Å². The summed E-state index contributed by atoms with van der Waals surface area (Å²) in [7, 11) is 0. The molecule has 1 saturated carbocycles. The smallest absolute Gasteiger partial charge is 0.405 e. The standard InChI is InChI=1S/C21H26F3N3O3/c22-21(23,24)30-18-5-2-1-4-16(18)19(28)26-10-3-9-25(12-13-26)17-8-11-27(20(17)29)14-15-6-7-15/h1-2,4-5,15,17H,3,6-14H2/t17-/m0/s1. The Balaban J connectivity index is 1.39. The lowest BCUT2D eigenvalue weighted by atomic mass is 10.1. The van der Waals surface area contributed by atoms with Crippen molar-refractivity contribution >= 4 is 11.8 Å². The summed E-state index contributed by atoms with van der Waals surface area (Å²) in [4.78, 5) is 31.3. The minimum absolute atomic E-state index is 0.101. The van der Waals surface area contributed by atoms with Gasteiger partial charge in [-0.2, -0.15) is 0 Å². The lowest BCUT2D eigenvalue weighted by molar-refractivity contribution is -0.274. The molecule has 0 radical (unpaired) electrons. The SMILES string of the molecule is O=C(c1ccccc1OC(F)(F)F)N1CCCN([C@H]2CCN(CC3CC3)C2=O)CC1. The summed E-state index contributed by atoms with van der Waals surface area (Å²) < 4.78 is 42.1. The van der Waals surface area contributed by atoms with Gasteiger partial charge in [0.1, 0.15) is 5.75 Å². The zero-order valence-electron chi connectivity index (χ0n) is 16.7. The Morgan fingerprint density at radius 2 is 1.80 bits per heavy atom. The van der Waals surface area contributed by atoms with E-state index < -0.39 is 18.0 Å². The van der Waals surface area contributed by atoms with E-state index >= 15 is 0 Å². The molecule has 2 aliphatic heterocycles. The molecule has 6 nitrogen and oxygen atoms in total. The molecule has 9 heteroatoms. The highest BCUT2D eigenvalue weighted by Crippen LogP contribution is 2.32. The highest BCUT2D eigenvalue weighted by molar-refractivity contribution is 5.97. The topological polar surface area (TPSA) is 53.1 Å². The minimum Gasteiger partial charge on any atom is -0.405 e. The first-order chi connectivity index (χ1) is 14.3. The number of carbonyl (C=O) groups excluding carboxylic acids is 2. The third kappa shape index (κ3) is 4.88. The van der Waals surface area contributed by atoms with E-state index in [2.05, 4.69) is 9.64 Å². The maximum Gasteiger partial charge on any atom is 0.573 e. The molecule has 30 heavy (non-hydrogen) atoms. The number of carbonyl (C=O) groups is 2. The van der Waals surface area contributed by atoms with Crippen LogP contribution in [0.4, 0.5) is 13.2 Å². The van der Waals surface area contributed by atoms with Crippen LogP contribution in [0.3, 0.4) is 0 Å². The third-order valence-electron chi connectivity index (χ3n) is 6.05. The molecular weight excluding hydrogens is 399 g/mol. The molecule has 1 atom stereocenters. The Morgan fingerprint density at radius 1 is 1.03 bits per heavy atom. The average molecular weight is 425 g/mol. The number of halogens is 3. The molecule has 1 aliphatic carbocycles. The van der Waals surface area contributed by atoms with E-state index in [9.17, 15) is 22.8 Å².